The van der Waals surface area contributed by atoms with Crippen LogP contribution in [0.15, 0.2) is 21.7 Å². The number of hydrogen-bond acceptors (Lipinski definition) is 5. The maximum Gasteiger partial charge on any atom is 0.252 e. The minimum absolute atomic E-state index is 0.0762. The van der Waals surface area contributed by atoms with Crippen molar-refractivity contribution in [2.45, 2.75) is 17.1 Å². The van der Waals surface area contributed by atoms with Gasteiger partial charge < -0.3 is 9.64 Å². The molecule has 2 fully saturated rings. The van der Waals surface area contributed by atoms with Crippen LogP contribution in [0.5, 0.6) is 0 Å². The van der Waals surface area contributed by atoms with Crippen molar-refractivity contribution >= 4 is 21.4 Å². The number of nitrogens with zero attached hydrogens (tertiary/aromatic N) is 2. The Morgan fingerprint density at radius 3 is 2.73 bits per heavy atom. The van der Waals surface area contributed by atoms with Gasteiger partial charge in [-0.2, -0.15) is 4.31 Å². The summed E-state index contributed by atoms with van der Waals surface area (Å²) in [6.07, 6.45) is 1.92. The third kappa shape index (κ3) is 2.97. The van der Waals surface area contributed by atoms with Gasteiger partial charge in [0.05, 0.1) is 0 Å². The van der Waals surface area contributed by atoms with Crippen molar-refractivity contribution in [2.75, 3.05) is 46.9 Å². The molecule has 0 saturated carbocycles. The number of sulfonamides is 1. The molecule has 0 aromatic carbocycles. The zero-order valence-corrected chi connectivity index (χ0v) is 14.8. The number of ether oxygens (including phenoxy) is 1. The molecule has 0 unspecified atom stereocenters. The zero-order valence-electron chi connectivity index (χ0n) is 13.2. The lowest BCUT2D eigenvalue weighted by Crippen LogP contribution is -2.40. The van der Waals surface area contributed by atoms with Crippen molar-refractivity contribution in [3.63, 3.8) is 0 Å². The lowest BCUT2D eigenvalue weighted by Gasteiger charge is -2.39. The average Bonchev–Trinajstić information content (AvgIpc) is 3.10. The molecule has 1 atom stereocenters. The molecule has 1 spiro atoms. The Labute approximate surface area is 136 Å². The van der Waals surface area contributed by atoms with E-state index in [0.29, 0.717) is 23.2 Å². The van der Waals surface area contributed by atoms with Crippen molar-refractivity contribution < 1.29 is 13.2 Å². The predicted molar refractivity (Wildman–Crippen MR) is 87.6 cm³/mol. The van der Waals surface area contributed by atoms with Gasteiger partial charge in [0.1, 0.15) is 4.21 Å². The Hall–Kier alpha value is -0.470. The van der Waals surface area contributed by atoms with Crippen LogP contribution < -0.4 is 0 Å². The van der Waals surface area contributed by atoms with Crippen molar-refractivity contribution in [2.24, 2.45) is 11.3 Å². The molecule has 0 amide bonds. The highest BCUT2D eigenvalue weighted by Gasteiger charge is 2.50. The van der Waals surface area contributed by atoms with Gasteiger partial charge in [-0.3, -0.25) is 0 Å². The van der Waals surface area contributed by atoms with E-state index >= 15 is 0 Å². The molecule has 124 valence electrons. The van der Waals surface area contributed by atoms with E-state index in [-0.39, 0.29) is 5.41 Å². The van der Waals surface area contributed by atoms with E-state index in [4.69, 9.17) is 4.74 Å². The van der Waals surface area contributed by atoms with Gasteiger partial charge in [0, 0.05) is 32.8 Å². The van der Waals surface area contributed by atoms with E-state index in [1.165, 1.54) is 11.3 Å². The molecule has 7 heteroatoms. The van der Waals surface area contributed by atoms with Crippen molar-refractivity contribution in [3.05, 3.63) is 17.5 Å². The van der Waals surface area contributed by atoms with Crippen LogP contribution in [0.3, 0.4) is 0 Å². The van der Waals surface area contributed by atoms with Gasteiger partial charge in [-0.1, -0.05) is 6.07 Å². The molecule has 0 aliphatic carbocycles. The van der Waals surface area contributed by atoms with E-state index < -0.39 is 10.0 Å². The number of thiophene rings is 1. The summed E-state index contributed by atoms with van der Waals surface area (Å²) in [5.41, 5.74) is 0.0762. The third-order valence-electron chi connectivity index (χ3n) is 4.94. The van der Waals surface area contributed by atoms with Crippen molar-refractivity contribution in [1.82, 2.24) is 9.21 Å². The summed E-state index contributed by atoms with van der Waals surface area (Å²) < 4.78 is 33.4. The summed E-state index contributed by atoms with van der Waals surface area (Å²) >= 11 is 1.30. The first-order chi connectivity index (χ1) is 10.4. The van der Waals surface area contributed by atoms with E-state index in [1.54, 1.807) is 16.4 Å². The van der Waals surface area contributed by atoms with Gasteiger partial charge in [-0.15, -0.1) is 11.3 Å². The Balaban J connectivity index is 1.86. The van der Waals surface area contributed by atoms with Gasteiger partial charge in [-0.05, 0) is 49.7 Å². The molecule has 2 aliphatic heterocycles. The van der Waals surface area contributed by atoms with Crippen LogP contribution in [0.2, 0.25) is 0 Å². The van der Waals surface area contributed by atoms with E-state index in [0.717, 1.165) is 32.6 Å². The van der Waals surface area contributed by atoms with Crippen LogP contribution in [0.4, 0.5) is 0 Å². The molecule has 0 N–H and O–H groups in total. The summed E-state index contributed by atoms with van der Waals surface area (Å²) in [6, 6.07) is 3.51. The second-order valence-electron chi connectivity index (χ2n) is 6.66. The van der Waals surface area contributed by atoms with Crippen LogP contribution in [-0.4, -0.2) is 64.6 Å². The normalized spacial score (nSPS) is 26.0. The minimum atomic E-state index is -3.35. The van der Waals surface area contributed by atoms with Crippen LogP contribution in [-0.2, 0) is 14.8 Å². The lowest BCUT2D eigenvalue weighted by molar-refractivity contribution is -0.00332. The van der Waals surface area contributed by atoms with Gasteiger partial charge in [0.15, 0.2) is 0 Å². The highest BCUT2D eigenvalue weighted by molar-refractivity contribution is 7.91. The molecule has 0 radical (unpaired) electrons. The van der Waals surface area contributed by atoms with E-state index in [9.17, 15) is 8.42 Å². The van der Waals surface area contributed by atoms with Crippen LogP contribution >= 0.6 is 11.3 Å². The molecule has 2 aliphatic rings. The second kappa shape index (κ2) is 6.20. The van der Waals surface area contributed by atoms with Gasteiger partial charge >= 0.3 is 0 Å². The molecular formula is C15H24N2O3S2. The Morgan fingerprint density at radius 2 is 2.14 bits per heavy atom. The van der Waals surface area contributed by atoms with E-state index in [2.05, 4.69) is 19.0 Å². The molecule has 22 heavy (non-hydrogen) atoms. The molecule has 5 nitrogen and oxygen atoms in total. The SMILES string of the molecule is CN(C)C[C@@H]1CN(S(=O)(=O)c2cccs2)CC12CCOCC2. The predicted octanol–water partition coefficient (Wildman–Crippen LogP) is 1.73. The first-order valence-corrected chi connectivity index (χ1v) is 10.0. The summed E-state index contributed by atoms with van der Waals surface area (Å²) in [4.78, 5) is 2.17. The molecule has 0 bridgehead atoms. The lowest BCUT2D eigenvalue weighted by atomic mass is 9.72. The minimum Gasteiger partial charge on any atom is -0.381 e. The Morgan fingerprint density at radius 1 is 1.41 bits per heavy atom. The van der Waals surface area contributed by atoms with Gasteiger partial charge in [-0.25, -0.2) is 8.42 Å². The Kier molecular flexibility index (Phi) is 4.62. The standard InChI is InChI=1S/C15H24N2O3S2/c1-16(2)10-13-11-17(12-15(13)5-7-20-8-6-15)22(18,19)14-4-3-9-21-14/h3-4,9,13H,5-8,10-12H2,1-2H3/t13-/m1/s1. The van der Waals surface area contributed by atoms with E-state index in [1.807, 2.05) is 5.38 Å². The summed E-state index contributed by atoms with van der Waals surface area (Å²) in [5, 5.41) is 1.82. The quantitative estimate of drug-likeness (QED) is 0.835. The van der Waals surface area contributed by atoms with Crippen LogP contribution in [0.25, 0.3) is 0 Å². The topological polar surface area (TPSA) is 49.9 Å². The largest absolute Gasteiger partial charge is 0.381 e. The maximum atomic E-state index is 12.8. The highest BCUT2D eigenvalue weighted by atomic mass is 32.2. The average molecular weight is 345 g/mol. The zero-order chi connectivity index (χ0) is 15.8. The summed E-state index contributed by atoms with van der Waals surface area (Å²) in [7, 11) is 0.771. The maximum absolute atomic E-state index is 12.8. The summed E-state index contributed by atoms with van der Waals surface area (Å²) in [6.45, 7) is 3.68. The fourth-order valence-corrected chi connectivity index (χ4v) is 6.47. The molecule has 2 saturated heterocycles. The highest BCUT2D eigenvalue weighted by Crippen LogP contribution is 2.46. The molecule has 3 heterocycles. The fourth-order valence-electron chi connectivity index (χ4n) is 3.74. The van der Waals surface area contributed by atoms with Crippen LogP contribution in [0.1, 0.15) is 12.8 Å². The van der Waals surface area contributed by atoms with Crippen molar-refractivity contribution in [1.29, 1.82) is 0 Å². The fraction of sp³-hybridized carbons (Fsp3) is 0.733. The Bertz CT molecular complexity index is 592. The molecule has 3 rings (SSSR count). The van der Waals surface area contributed by atoms with Gasteiger partial charge in [0.2, 0.25) is 0 Å². The monoisotopic (exact) mass is 344 g/mol. The molecule has 1 aromatic heterocycles. The smallest absolute Gasteiger partial charge is 0.252 e. The third-order valence-corrected chi connectivity index (χ3v) is 8.13. The number of rotatable bonds is 4. The summed E-state index contributed by atoms with van der Waals surface area (Å²) in [5.74, 6) is 0.376. The van der Waals surface area contributed by atoms with Crippen LogP contribution in [0, 0.1) is 11.3 Å². The molecule has 1 aromatic rings. The van der Waals surface area contributed by atoms with Crippen molar-refractivity contribution in [3.8, 4) is 0 Å². The number of hydrogen-bond donors (Lipinski definition) is 0. The second-order valence-corrected chi connectivity index (χ2v) is 9.78. The molecular weight excluding hydrogens is 320 g/mol. The van der Waals surface area contributed by atoms with Gasteiger partial charge in [0.25, 0.3) is 10.0 Å². The first kappa shape index (κ1) is 16.4. The first-order valence-electron chi connectivity index (χ1n) is 7.70.